The molecule has 0 spiro atoms. The predicted molar refractivity (Wildman–Crippen MR) is 196 cm³/mol. The molecular weight excluding hydrogens is 529 g/mol. The van der Waals surface area contributed by atoms with Crippen molar-refractivity contribution in [3.8, 4) is 0 Å². The van der Waals surface area contributed by atoms with Crippen LogP contribution < -0.4 is 21.0 Å². The fourth-order valence-electron chi connectivity index (χ4n) is 6.62. The van der Waals surface area contributed by atoms with Gasteiger partial charge in [-0.25, -0.2) is 4.57 Å². The van der Waals surface area contributed by atoms with Gasteiger partial charge in [-0.15, -0.1) is 0 Å². The first-order valence-electron chi connectivity index (χ1n) is 17.8. The number of aromatic nitrogens is 1. The third-order valence-electron chi connectivity index (χ3n) is 9.48. The minimum absolute atomic E-state index is 0.993. The summed E-state index contributed by atoms with van der Waals surface area (Å²) in [5.41, 5.74) is 8.44. The SMILES string of the molecule is CCCCCCCCCCCC[B-](c1ccc(C)cc1)(c1ccc(C)cc1)c1ccc(C)cc1.CCCC[n+]1ccccc1. The van der Waals surface area contributed by atoms with Crippen LogP contribution in [0.5, 0.6) is 0 Å². The van der Waals surface area contributed by atoms with Gasteiger partial charge < -0.3 is 0 Å². The fourth-order valence-corrected chi connectivity index (χ4v) is 6.62. The van der Waals surface area contributed by atoms with Crippen molar-refractivity contribution >= 4 is 22.5 Å². The van der Waals surface area contributed by atoms with Crippen molar-refractivity contribution in [1.29, 1.82) is 0 Å². The first kappa shape index (κ1) is 35.4. The van der Waals surface area contributed by atoms with E-state index >= 15 is 0 Å². The van der Waals surface area contributed by atoms with Crippen LogP contribution in [0.15, 0.2) is 103 Å². The Labute approximate surface area is 271 Å². The first-order valence-corrected chi connectivity index (χ1v) is 17.8. The van der Waals surface area contributed by atoms with Gasteiger partial charge in [0.15, 0.2) is 12.4 Å². The van der Waals surface area contributed by atoms with Crippen molar-refractivity contribution in [3.63, 3.8) is 0 Å². The van der Waals surface area contributed by atoms with Crippen LogP contribution in [0.2, 0.25) is 6.32 Å². The lowest BCUT2D eigenvalue weighted by Crippen LogP contribution is -2.67. The van der Waals surface area contributed by atoms with E-state index in [1.807, 2.05) is 6.07 Å². The highest BCUT2D eigenvalue weighted by Gasteiger charge is 2.29. The zero-order chi connectivity index (χ0) is 31.5. The summed E-state index contributed by atoms with van der Waals surface area (Å²) in [7, 11) is 0. The van der Waals surface area contributed by atoms with Gasteiger partial charge in [0.25, 0.3) is 0 Å². The van der Waals surface area contributed by atoms with Crippen LogP contribution in [-0.4, -0.2) is 6.15 Å². The third kappa shape index (κ3) is 11.4. The number of hydrogen-bond donors (Lipinski definition) is 0. The molecule has 3 aromatic carbocycles. The summed E-state index contributed by atoms with van der Waals surface area (Å²) in [4.78, 5) is 0. The molecular formula is C42H60BN. The predicted octanol–water partition coefficient (Wildman–Crippen LogP) is 9.78. The van der Waals surface area contributed by atoms with Crippen LogP contribution in [0.1, 0.15) is 108 Å². The molecule has 0 N–H and O–H groups in total. The van der Waals surface area contributed by atoms with E-state index in [1.165, 1.54) is 116 Å². The molecule has 1 heterocycles. The Bertz CT molecular complexity index is 1170. The van der Waals surface area contributed by atoms with Crippen molar-refractivity contribution in [2.24, 2.45) is 0 Å². The summed E-state index contributed by atoms with van der Waals surface area (Å²) in [5, 5.41) is 0. The second-order valence-electron chi connectivity index (χ2n) is 13.2. The second-order valence-corrected chi connectivity index (χ2v) is 13.2. The van der Waals surface area contributed by atoms with Gasteiger partial charge >= 0.3 is 0 Å². The Morgan fingerprint density at radius 2 is 0.795 bits per heavy atom. The van der Waals surface area contributed by atoms with Crippen molar-refractivity contribution in [1.82, 2.24) is 0 Å². The van der Waals surface area contributed by atoms with Crippen LogP contribution in [0.25, 0.3) is 0 Å². The summed E-state index contributed by atoms with van der Waals surface area (Å²) in [6.45, 7) is 12.2. The van der Waals surface area contributed by atoms with Crippen LogP contribution in [0.3, 0.4) is 0 Å². The highest BCUT2D eigenvalue weighted by Crippen LogP contribution is 2.20. The van der Waals surface area contributed by atoms with Gasteiger partial charge in [0.1, 0.15) is 6.54 Å². The van der Waals surface area contributed by atoms with Crippen LogP contribution in [0, 0.1) is 20.8 Å². The van der Waals surface area contributed by atoms with Gasteiger partial charge in [-0.05, 0) is 20.8 Å². The largest absolute Gasteiger partial charge is 0.205 e. The van der Waals surface area contributed by atoms with E-state index in [9.17, 15) is 0 Å². The molecule has 0 fully saturated rings. The summed E-state index contributed by atoms with van der Waals surface area (Å²) in [6, 6.07) is 34.3. The topological polar surface area (TPSA) is 3.88 Å². The summed E-state index contributed by atoms with van der Waals surface area (Å²) in [5.74, 6) is 0. The van der Waals surface area contributed by atoms with E-state index in [0.717, 1.165) is 6.54 Å². The molecule has 0 aliphatic rings. The monoisotopic (exact) mass is 589 g/mol. The molecule has 4 aromatic rings. The molecule has 0 aliphatic carbocycles. The summed E-state index contributed by atoms with van der Waals surface area (Å²) < 4.78 is 2.21. The number of pyridine rings is 1. The smallest absolute Gasteiger partial charge is 0.168 e. The van der Waals surface area contributed by atoms with E-state index < -0.39 is 6.15 Å². The molecule has 1 aromatic heterocycles. The van der Waals surface area contributed by atoms with Gasteiger partial charge in [-0.2, -0.15) is 22.7 Å². The average molecular weight is 590 g/mol. The third-order valence-corrected chi connectivity index (χ3v) is 9.48. The molecule has 4 rings (SSSR count). The quantitative estimate of drug-likeness (QED) is 0.0656. The minimum atomic E-state index is -0.993. The number of aryl methyl sites for hydroxylation is 4. The molecule has 0 saturated heterocycles. The van der Waals surface area contributed by atoms with Gasteiger partial charge in [0.05, 0.1) is 6.15 Å². The van der Waals surface area contributed by atoms with Gasteiger partial charge in [0.2, 0.25) is 0 Å². The Kier molecular flexibility index (Phi) is 16.1. The Balaban J connectivity index is 0.000000448. The molecule has 44 heavy (non-hydrogen) atoms. The molecule has 236 valence electrons. The number of unbranched alkanes of at least 4 members (excludes halogenated alkanes) is 10. The van der Waals surface area contributed by atoms with Crippen LogP contribution in [0.4, 0.5) is 0 Å². The van der Waals surface area contributed by atoms with Crippen molar-refractivity contribution in [3.05, 3.63) is 120 Å². The Morgan fingerprint density at radius 3 is 1.18 bits per heavy atom. The van der Waals surface area contributed by atoms with E-state index in [-0.39, 0.29) is 0 Å². The zero-order valence-electron chi connectivity index (χ0n) is 28.7. The van der Waals surface area contributed by atoms with Gasteiger partial charge in [-0.3, -0.25) is 0 Å². The number of nitrogens with zero attached hydrogens (tertiary/aromatic N) is 1. The summed E-state index contributed by atoms with van der Waals surface area (Å²) in [6.07, 6.45) is 20.8. The molecule has 0 saturated carbocycles. The summed E-state index contributed by atoms with van der Waals surface area (Å²) >= 11 is 0. The average Bonchev–Trinajstić information content (AvgIpc) is 3.05. The maximum Gasteiger partial charge on any atom is 0.168 e. The van der Waals surface area contributed by atoms with Crippen molar-refractivity contribution in [2.75, 3.05) is 0 Å². The van der Waals surface area contributed by atoms with Gasteiger partial charge in [-0.1, -0.05) is 180 Å². The molecule has 0 bridgehead atoms. The highest BCUT2D eigenvalue weighted by molar-refractivity contribution is 7.11. The number of hydrogen-bond acceptors (Lipinski definition) is 0. The molecule has 0 atom stereocenters. The van der Waals surface area contributed by atoms with E-state index in [4.69, 9.17) is 0 Å². The van der Waals surface area contributed by atoms with E-state index in [0.29, 0.717) is 0 Å². The Morgan fingerprint density at radius 1 is 0.432 bits per heavy atom. The lowest BCUT2D eigenvalue weighted by molar-refractivity contribution is -0.697. The maximum atomic E-state index is 2.39. The minimum Gasteiger partial charge on any atom is -0.205 e. The Hall–Kier alpha value is -3.13. The first-order chi connectivity index (χ1) is 21.5. The standard InChI is InChI=1S/C33H46B.C9H14N/c1-5-6-7-8-9-10-11-12-13-14-27-34(31-21-15-28(2)16-22-31,32-23-17-29(3)18-24-32)33-25-19-30(4)20-26-33;1-2-3-7-10-8-5-4-6-9-10/h15-26H,5-14,27H2,1-4H3;4-6,8-9H,2-3,7H2,1H3/q-1;+1. The molecule has 0 unspecified atom stereocenters. The zero-order valence-corrected chi connectivity index (χ0v) is 28.7. The number of rotatable bonds is 17. The van der Waals surface area contributed by atoms with Gasteiger partial charge in [0, 0.05) is 18.6 Å². The normalized spacial score (nSPS) is 11.2. The molecule has 0 amide bonds. The van der Waals surface area contributed by atoms with Crippen molar-refractivity contribution < 1.29 is 4.57 Å². The lowest BCUT2D eigenvalue weighted by atomic mass is 9.14. The highest BCUT2D eigenvalue weighted by atomic mass is 14.9. The maximum absolute atomic E-state index is 2.39. The molecule has 2 heteroatoms. The van der Waals surface area contributed by atoms with Crippen LogP contribution >= 0.6 is 0 Å². The van der Waals surface area contributed by atoms with E-state index in [1.54, 1.807) is 0 Å². The van der Waals surface area contributed by atoms with Crippen molar-refractivity contribution in [2.45, 2.75) is 125 Å². The molecule has 0 aliphatic heterocycles. The lowest BCUT2D eigenvalue weighted by Gasteiger charge is -2.43. The molecule has 1 nitrogen and oxygen atoms in total. The van der Waals surface area contributed by atoms with Crippen LogP contribution in [-0.2, 0) is 6.54 Å². The fraction of sp³-hybridized carbons (Fsp3) is 0.452. The van der Waals surface area contributed by atoms with E-state index in [2.05, 4.69) is 137 Å². The second kappa shape index (κ2) is 20.0. The number of benzene rings is 3. The molecule has 0 radical (unpaired) electrons.